The van der Waals surface area contributed by atoms with E-state index in [1.807, 2.05) is 36.7 Å². The van der Waals surface area contributed by atoms with E-state index in [0.29, 0.717) is 17.9 Å². The van der Waals surface area contributed by atoms with Crippen LogP contribution in [0.3, 0.4) is 0 Å². The number of anilines is 2. The van der Waals surface area contributed by atoms with E-state index in [4.69, 9.17) is 4.42 Å². The Morgan fingerprint density at radius 2 is 2.14 bits per heavy atom. The molecular formula is C15H13N5OS. The van der Waals surface area contributed by atoms with E-state index in [-0.39, 0.29) is 0 Å². The summed E-state index contributed by atoms with van der Waals surface area (Å²) in [6.07, 6.45) is 1.55. The van der Waals surface area contributed by atoms with Crippen LogP contribution in [0.25, 0.3) is 22.1 Å². The van der Waals surface area contributed by atoms with E-state index in [1.54, 1.807) is 17.7 Å². The SMILES string of the molecule is CNc1nc(CNc2ncnc3c2oc2ccccc23)cs1. The first kappa shape index (κ1) is 13.0. The minimum Gasteiger partial charge on any atom is -0.450 e. The molecule has 22 heavy (non-hydrogen) atoms. The maximum absolute atomic E-state index is 5.88. The van der Waals surface area contributed by atoms with Crippen molar-refractivity contribution < 1.29 is 4.42 Å². The highest BCUT2D eigenvalue weighted by atomic mass is 32.1. The molecule has 1 aromatic carbocycles. The second-order valence-corrected chi connectivity index (χ2v) is 5.60. The summed E-state index contributed by atoms with van der Waals surface area (Å²) in [5.41, 5.74) is 3.26. The maximum Gasteiger partial charge on any atom is 0.196 e. The van der Waals surface area contributed by atoms with Crippen molar-refractivity contribution in [1.82, 2.24) is 15.0 Å². The first-order valence-electron chi connectivity index (χ1n) is 6.83. The molecule has 0 radical (unpaired) electrons. The normalized spacial score (nSPS) is 11.1. The summed E-state index contributed by atoms with van der Waals surface area (Å²) in [6.45, 7) is 0.585. The third-order valence-electron chi connectivity index (χ3n) is 3.36. The summed E-state index contributed by atoms with van der Waals surface area (Å²) in [5, 5.41) is 10.2. The van der Waals surface area contributed by atoms with Crippen LogP contribution in [-0.2, 0) is 6.54 Å². The number of hydrogen-bond donors (Lipinski definition) is 2. The molecular weight excluding hydrogens is 298 g/mol. The van der Waals surface area contributed by atoms with Crippen LogP contribution in [0.15, 0.2) is 40.4 Å². The zero-order chi connectivity index (χ0) is 14.9. The number of hydrogen-bond acceptors (Lipinski definition) is 7. The number of furan rings is 1. The Bertz CT molecular complexity index is 945. The Labute approximate surface area is 130 Å². The van der Waals surface area contributed by atoms with Crippen LogP contribution < -0.4 is 10.6 Å². The van der Waals surface area contributed by atoms with E-state index >= 15 is 0 Å². The molecule has 0 amide bonds. The molecule has 6 nitrogen and oxygen atoms in total. The summed E-state index contributed by atoms with van der Waals surface area (Å²) < 4.78 is 5.88. The van der Waals surface area contributed by atoms with Crippen molar-refractivity contribution in [3.05, 3.63) is 41.7 Å². The fourth-order valence-electron chi connectivity index (χ4n) is 2.33. The van der Waals surface area contributed by atoms with Crippen molar-refractivity contribution in [2.24, 2.45) is 0 Å². The summed E-state index contributed by atoms with van der Waals surface area (Å²) in [6, 6.07) is 7.85. The van der Waals surface area contributed by atoms with Crippen molar-refractivity contribution >= 4 is 44.4 Å². The second kappa shape index (κ2) is 5.27. The predicted molar refractivity (Wildman–Crippen MR) is 88.3 cm³/mol. The fourth-order valence-corrected chi connectivity index (χ4v) is 3.00. The van der Waals surface area contributed by atoms with E-state index in [9.17, 15) is 0 Å². The van der Waals surface area contributed by atoms with Gasteiger partial charge in [0.25, 0.3) is 0 Å². The molecule has 0 unspecified atom stereocenters. The van der Waals surface area contributed by atoms with Crippen molar-refractivity contribution in [3.8, 4) is 0 Å². The Morgan fingerprint density at radius 3 is 3.00 bits per heavy atom. The van der Waals surface area contributed by atoms with E-state index in [0.717, 1.165) is 27.3 Å². The van der Waals surface area contributed by atoms with Crippen LogP contribution in [0.4, 0.5) is 10.9 Å². The molecule has 7 heteroatoms. The molecule has 0 fully saturated rings. The van der Waals surface area contributed by atoms with Crippen molar-refractivity contribution in [2.75, 3.05) is 17.7 Å². The Balaban J connectivity index is 1.69. The molecule has 3 heterocycles. The van der Waals surface area contributed by atoms with Gasteiger partial charge in [-0.15, -0.1) is 11.3 Å². The lowest BCUT2D eigenvalue weighted by molar-refractivity contribution is 0.666. The molecule has 0 aliphatic heterocycles. The first-order valence-corrected chi connectivity index (χ1v) is 7.71. The zero-order valence-corrected chi connectivity index (χ0v) is 12.6. The van der Waals surface area contributed by atoms with Gasteiger partial charge in [-0.25, -0.2) is 15.0 Å². The van der Waals surface area contributed by atoms with Gasteiger partial charge in [-0.2, -0.15) is 0 Å². The number of rotatable bonds is 4. The Kier molecular flexibility index (Phi) is 3.12. The lowest BCUT2D eigenvalue weighted by Crippen LogP contribution is -2.02. The minimum atomic E-state index is 0.585. The van der Waals surface area contributed by atoms with E-state index in [1.165, 1.54) is 0 Å². The lowest BCUT2D eigenvalue weighted by Gasteiger charge is -2.03. The third-order valence-corrected chi connectivity index (χ3v) is 4.27. The highest BCUT2D eigenvalue weighted by Gasteiger charge is 2.12. The van der Waals surface area contributed by atoms with Crippen molar-refractivity contribution in [2.45, 2.75) is 6.54 Å². The molecule has 0 aliphatic carbocycles. The molecule has 2 N–H and O–H groups in total. The molecule has 3 aromatic heterocycles. The highest BCUT2D eigenvalue weighted by molar-refractivity contribution is 7.13. The number of aromatic nitrogens is 3. The molecule has 110 valence electrons. The van der Waals surface area contributed by atoms with Crippen LogP contribution >= 0.6 is 11.3 Å². The Hall–Kier alpha value is -2.67. The van der Waals surface area contributed by atoms with E-state index < -0.39 is 0 Å². The van der Waals surface area contributed by atoms with Gasteiger partial charge in [-0.1, -0.05) is 12.1 Å². The maximum atomic E-state index is 5.88. The summed E-state index contributed by atoms with van der Waals surface area (Å²) >= 11 is 1.57. The largest absolute Gasteiger partial charge is 0.450 e. The predicted octanol–water partition coefficient (Wildman–Crippen LogP) is 3.49. The quantitative estimate of drug-likeness (QED) is 0.601. The number of thiazole rings is 1. The van der Waals surface area contributed by atoms with Crippen LogP contribution in [0.5, 0.6) is 0 Å². The molecule has 0 saturated heterocycles. The number of nitrogens with zero attached hydrogens (tertiary/aromatic N) is 3. The van der Waals surface area contributed by atoms with Gasteiger partial charge < -0.3 is 15.1 Å². The molecule has 0 bridgehead atoms. The summed E-state index contributed by atoms with van der Waals surface area (Å²) in [5.74, 6) is 0.681. The topological polar surface area (TPSA) is 75.9 Å². The lowest BCUT2D eigenvalue weighted by atomic mass is 10.2. The highest BCUT2D eigenvalue weighted by Crippen LogP contribution is 2.30. The fraction of sp³-hybridized carbons (Fsp3) is 0.133. The van der Waals surface area contributed by atoms with Crippen molar-refractivity contribution in [3.63, 3.8) is 0 Å². The average Bonchev–Trinajstić information content (AvgIpc) is 3.17. The monoisotopic (exact) mass is 311 g/mol. The van der Waals surface area contributed by atoms with Gasteiger partial charge in [0.1, 0.15) is 17.4 Å². The van der Waals surface area contributed by atoms with Gasteiger partial charge in [0.05, 0.1) is 12.2 Å². The zero-order valence-electron chi connectivity index (χ0n) is 11.8. The summed E-state index contributed by atoms with van der Waals surface area (Å²) in [4.78, 5) is 13.1. The number of fused-ring (bicyclic) bond motifs is 3. The van der Waals surface area contributed by atoms with E-state index in [2.05, 4.69) is 25.6 Å². The number of nitrogens with one attached hydrogen (secondary N) is 2. The molecule has 0 aliphatic rings. The molecule has 0 saturated carbocycles. The van der Waals surface area contributed by atoms with Gasteiger partial charge in [0.2, 0.25) is 0 Å². The first-order chi connectivity index (χ1) is 10.8. The van der Waals surface area contributed by atoms with Crippen LogP contribution in [0, 0.1) is 0 Å². The second-order valence-electron chi connectivity index (χ2n) is 4.75. The number of benzene rings is 1. The van der Waals surface area contributed by atoms with Gasteiger partial charge in [0.15, 0.2) is 16.5 Å². The minimum absolute atomic E-state index is 0.585. The standard InChI is InChI=1S/C15H13N5OS/c1-16-15-20-9(7-22-15)6-17-14-13-12(18-8-19-14)10-4-2-3-5-11(10)21-13/h2-5,7-8H,6H2,1H3,(H,16,20)(H,17,18,19). The van der Waals surface area contributed by atoms with Gasteiger partial charge in [-0.05, 0) is 12.1 Å². The molecule has 0 atom stereocenters. The number of para-hydroxylation sites is 1. The summed E-state index contributed by atoms with van der Waals surface area (Å²) in [7, 11) is 1.86. The Morgan fingerprint density at radius 1 is 1.23 bits per heavy atom. The van der Waals surface area contributed by atoms with Crippen LogP contribution in [0.1, 0.15) is 5.69 Å². The molecule has 4 rings (SSSR count). The van der Waals surface area contributed by atoms with Crippen LogP contribution in [0.2, 0.25) is 0 Å². The van der Waals surface area contributed by atoms with Gasteiger partial charge in [0, 0.05) is 17.8 Å². The van der Waals surface area contributed by atoms with Crippen LogP contribution in [-0.4, -0.2) is 22.0 Å². The van der Waals surface area contributed by atoms with Crippen molar-refractivity contribution in [1.29, 1.82) is 0 Å². The average molecular weight is 311 g/mol. The molecule has 0 spiro atoms. The third kappa shape index (κ3) is 2.15. The molecule has 4 aromatic rings. The van der Waals surface area contributed by atoms with Gasteiger partial charge >= 0.3 is 0 Å². The van der Waals surface area contributed by atoms with Gasteiger partial charge in [-0.3, -0.25) is 0 Å². The smallest absolute Gasteiger partial charge is 0.196 e.